The average molecular weight is 295 g/mol. The summed E-state index contributed by atoms with van der Waals surface area (Å²) < 4.78 is 0. The van der Waals surface area contributed by atoms with Crippen molar-refractivity contribution in [2.45, 2.75) is 6.42 Å². The number of oxime groups is 1. The van der Waals surface area contributed by atoms with Crippen molar-refractivity contribution in [2.24, 2.45) is 5.16 Å². The molecule has 1 aliphatic heterocycles. The summed E-state index contributed by atoms with van der Waals surface area (Å²) in [5.41, 5.74) is 3.22. The molecule has 2 aromatic carbocycles. The molecule has 0 spiro atoms. The van der Waals surface area contributed by atoms with Gasteiger partial charge in [0.05, 0.1) is 12.1 Å². The third-order valence-corrected chi connectivity index (χ3v) is 3.28. The van der Waals surface area contributed by atoms with E-state index in [2.05, 4.69) is 9.99 Å². The molecular formula is C17H13NO4. The van der Waals surface area contributed by atoms with Crippen molar-refractivity contribution in [1.29, 1.82) is 0 Å². The van der Waals surface area contributed by atoms with Gasteiger partial charge < -0.3 is 15.1 Å². The highest BCUT2D eigenvalue weighted by Crippen LogP contribution is 2.25. The zero-order chi connectivity index (χ0) is 15.5. The third kappa shape index (κ3) is 2.98. The van der Waals surface area contributed by atoms with E-state index in [0.717, 1.165) is 16.7 Å². The Kier molecular flexibility index (Phi) is 3.62. The maximum absolute atomic E-state index is 11.0. The van der Waals surface area contributed by atoms with Gasteiger partial charge in [0, 0.05) is 0 Å². The molecule has 0 unspecified atom stereocenters. The van der Waals surface area contributed by atoms with Crippen LogP contribution in [0.25, 0.3) is 12.2 Å². The molecule has 2 N–H and O–H groups in total. The lowest BCUT2D eigenvalue weighted by Crippen LogP contribution is -2.00. The standard InChI is InChI=1S/C17H13NO4/c19-15-8-5-12(9-16(15)20)2-1-11-3-6-13(7-4-11)14-10-17(21)22-18-14/h1-9,19-20H,10H2/b2-1+. The second kappa shape index (κ2) is 5.73. The van der Waals surface area contributed by atoms with Crippen LogP contribution in [-0.2, 0) is 9.63 Å². The Labute approximate surface area is 126 Å². The minimum atomic E-state index is -0.342. The molecule has 0 aliphatic carbocycles. The third-order valence-electron chi connectivity index (χ3n) is 3.28. The van der Waals surface area contributed by atoms with Crippen molar-refractivity contribution in [2.75, 3.05) is 0 Å². The molecule has 0 amide bonds. The number of nitrogens with zero attached hydrogens (tertiary/aromatic N) is 1. The largest absolute Gasteiger partial charge is 0.504 e. The van der Waals surface area contributed by atoms with Crippen LogP contribution in [0.1, 0.15) is 23.1 Å². The van der Waals surface area contributed by atoms with Gasteiger partial charge in [0.2, 0.25) is 0 Å². The highest BCUT2D eigenvalue weighted by atomic mass is 16.7. The smallest absolute Gasteiger partial charge is 0.341 e. The van der Waals surface area contributed by atoms with Gasteiger partial charge >= 0.3 is 5.97 Å². The Balaban J connectivity index is 1.74. The van der Waals surface area contributed by atoms with Crippen LogP contribution >= 0.6 is 0 Å². The number of carbonyl (C=O) groups is 1. The van der Waals surface area contributed by atoms with Crippen LogP contribution in [0.4, 0.5) is 0 Å². The lowest BCUT2D eigenvalue weighted by Gasteiger charge is -2.00. The quantitative estimate of drug-likeness (QED) is 0.518. The van der Waals surface area contributed by atoms with E-state index in [1.165, 1.54) is 12.1 Å². The number of hydrogen-bond donors (Lipinski definition) is 2. The normalized spacial score (nSPS) is 14.2. The number of phenols is 2. The number of phenolic OH excluding ortho intramolecular Hbond substituents is 2. The maximum Gasteiger partial charge on any atom is 0.341 e. The summed E-state index contributed by atoms with van der Waals surface area (Å²) in [4.78, 5) is 15.6. The molecule has 0 aromatic heterocycles. The molecule has 0 atom stereocenters. The number of rotatable bonds is 3. The van der Waals surface area contributed by atoms with Crippen molar-refractivity contribution < 1.29 is 19.8 Å². The van der Waals surface area contributed by atoms with E-state index in [-0.39, 0.29) is 23.9 Å². The van der Waals surface area contributed by atoms with Crippen LogP contribution in [0.2, 0.25) is 0 Å². The van der Waals surface area contributed by atoms with Crippen LogP contribution < -0.4 is 0 Å². The predicted molar refractivity (Wildman–Crippen MR) is 82.4 cm³/mol. The number of benzene rings is 2. The fourth-order valence-corrected chi connectivity index (χ4v) is 2.09. The van der Waals surface area contributed by atoms with E-state index in [4.69, 9.17) is 0 Å². The van der Waals surface area contributed by atoms with E-state index < -0.39 is 0 Å². The number of carbonyl (C=O) groups excluding carboxylic acids is 1. The lowest BCUT2D eigenvalue weighted by atomic mass is 10.0. The molecule has 3 rings (SSSR count). The van der Waals surface area contributed by atoms with Crippen molar-refractivity contribution in [3.8, 4) is 11.5 Å². The lowest BCUT2D eigenvalue weighted by molar-refractivity contribution is -0.140. The molecule has 22 heavy (non-hydrogen) atoms. The van der Waals surface area contributed by atoms with Gasteiger partial charge in [0.15, 0.2) is 11.5 Å². The summed E-state index contributed by atoms with van der Waals surface area (Å²) in [6.07, 6.45) is 3.91. The van der Waals surface area contributed by atoms with Gasteiger partial charge in [-0.15, -0.1) is 0 Å². The Morgan fingerprint density at radius 1 is 0.955 bits per heavy atom. The molecule has 2 aromatic rings. The molecule has 5 nitrogen and oxygen atoms in total. The molecular weight excluding hydrogens is 282 g/mol. The summed E-state index contributed by atoms with van der Waals surface area (Å²) in [5, 5.41) is 22.4. The molecule has 1 heterocycles. The summed E-state index contributed by atoms with van der Waals surface area (Å²) >= 11 is 0. The van der Waals surface area contributed by atoms with Crippen LogP contribution in [0.3, 0.4) is 0 Å². The first-order valence-corrected chi connectivity index (χ1v) is 6.69. The van der Waals surface area contributed by atoms with Gasteiger partial charge in [-0.1, -0.05) is 47.6 Å². The Bertz CT molecular complexity index is 776. The molecule has 110 valence electrons. The minimum Gasteiger partial charge on any atom is -0.504 e. The van der Waals surface area contributed by atoms with E-state index in [1.807, 2.05) is 36.4 Å². The fourth-order valence-electron chi connectivity index (χ4n) is 2.09. The predicted octanol–water partition coefficient (Wildman–Crippen LogP) is 2.92. The second-order valence-electron chi connectivity index (χ2n) is 4.88. The van der Waals surface area contributed by atoms with Crippen LogP contribution in [-0.4, -0.2) is 21.9 Å². The highest BCUT2D eigenvalue weighted by molar-refractivity contribution is 6.11. The summed E-state index contributed by atoms with van der Waals surface area (Å²) in [6, 6.07) is 12.2. The SMILES string of the molecule is O=C1CC(c2ccc(/C=C/c3ccc(O)c(O)c3)cc2)=NO1. The molecule has 0 radical (unpaired) electrons. The first-order valence-electron chi connectivity index (χ1n) is 6.69. The summed E-state index contributed by atoms with van der Waals surface area (Å²) in [7, 11) is 0. The number of hydrogen-bond acceptors (Lipinski definition) is 5. The first kappa shape index (κ1) is 13.9. The molecule has 0 fully saturated rings. The minimum absolute atomic E-state index is 0.143. The van der Waals surface area contributed by atoms with Crippen molar-refractivity contribution in [1.82, 2.24) is 0 Å². The van der Waals surface area contributed by atoms with Crippen molar-refractivity contribution in [3.63, 3.8) is 0 Å². The van der Waals surface area contributed by atoms with Gasteiger partial charge in [-0.05, 0) is 28.8 Å². The Morgan fingerprint density at radius 2 is 1.64 bits per heavy atom. The van der Waals surface area contributed by atoms with E-state index >= 15 is 0 Å². The van der Waals surface area contributed by atoms with E-state index in [9.17, 15) is 15.0 Å². The zero-order valence-corrected chi connectivity index (χ0v) is 11.6. The van der Waals surface area contributed by atoms with Gasteiger partial charge in [-0.25, -0.2) is 4.79 Å². The monoisotopic (exact) mass is 295 g/mol. The Hall–Kier alpha value is -3.08. The topological polar surface area (TPSA) is 79.1 Å². The van der Waals surface area contributed by atoms with Gasteiger partial charge in [-0.3, -0.25) is 0 Å². The van der Waals surface area contributed by atoms with Gasteiger partial charge in [0.25, 0.3) is 0 Å². The molecule has 0 saturated heterocycles. The average Bonchev–Trinajstić information content (AvgIpc) is 2.95. The highest BCUT2D eigenvalue weighted by Gasteiger charge is 2.18. The van der Waals surface area contributed by atoms with Crippen LogP contribution in [0.15, 0.2) is 47.6 Å². The summed E-state index contributed by atoms with van der Waals surface area (Å²) in [5.74, 6) is -0.636. The van der Waals surface area contributed by atoms with Crippen LogP contribution in [0, 0.1) is 0 Å². The van der Waals surface area contributed by atoms with Crippen molar-refractivity contribution in [3.05, 3.63) is 59.2 Å². The molecule has 0 saturated carbocycles. The van der Waals surface area contributed by atoms with E-state index in [0.29, 0.717) is 5.71 Å². The second-order valence-corrected chi connectivity index (χ2v) is 4.88. The molecule has 1 aliphatic rings. The van der Waals surface area contributed by atoms with Crippen molar-refractivity contribution >= 4 is 23.8 Å². The maximum atomic E-state index is 11.0. The van der Waals surface area contributed by atoms with E-state index in [1.54, 1.807) is 6.07 Å². The number of aromatic hydroxyl groups is 2. The van der Waals surface area contributed by atoms with Gasteiger partial charge in [-0.2, -0.15) is 0 Å². The van der Waals surface area contributed by atoms with Crippen LogP contribution in [0.5, 0.6) is 11.5 Å². The first-order chi connectivity index (χ1) is 10.6. The fraction of sp³-hybridized carbons (Fsp3) is 0.0588. The Morgan fingerprint density at radius 3 is 2.27 bits per heavy atom. The molecule has 5 heteroatoms. The van der Waals surface area contributed by atoms with Gasteiger partial charge in [0.1, 0.15) is 0 Å². The zero-order valence-electron chi connectivity index (χ0n) is 11.6. The summed E-state index contributed by atoms with van der Waals surface area (Å²) in [6.45, 7) is 0. The molecule has 0 bridgehead atoms.